The molecule has 3 heterocycles. The Morgan fingerprint density at radius 3 is 2.44 bits per heavy atom. The molecule has 1 fully saturated rings. The third kappa shape index (κ3) is 3.47. The first-order valence-corrected chi connectivity index (χ1v) is 10.3. The normalized spacial score (nSPS) is 19.2. The third-order valence-corrected chi connectivity index (χ3v) is 5.57. The molecular formula is C25H20N2O5. The zero-order valence-electron chi connectivity index (χ0n) is 17.1. The maximum absolute atomic E-state index is 13.1. The van der Waals surface area contributed by atoms with Gasteiger partial charge in [0, 0.05) is 24.5 Å². The zero-order chi connectivity index (χ0) is 22.1. The van der Waals surface area contributed by atoms with Crippen LogP contribution in [0.2, 0.25) is 0 Å². The van der Waals surface area contributed by atoms with Crippen LogP contribution in [0.25, 0.3) is 5.76 Å². The number of nitrogens with zero attached hydrogens (tertiary/aromatic N) is 2. The van der Waals surface area contributed by atoms with Gasteiger partial charge in [0.25, 0.3) is 11.7 Å². The minimum Gasteiger partial charge on any atom is -0.507 e. The van der Waals surface area contributed by atoms with E-state index in [1.807, 2.05) is 30.3 Å². The summed E-state index contributed by atoms with van der Waals surface area (Å²) in [7, 11) is 0. The van der Waals surface area contributed by atoms with Gasteiger partial charge in [-0.2, -0.15) is 0 Å². The van der Waals surface area contributed by atoms with Gasteiger partial charge in [0.05, 0.1) is 11.6 Å². The second kappa shape index (κ2) is 8.19. The maximum Gasteiger partial charge on any atom is 0.295 e. The molecule has 1 amide bonds. The van der Waals surface area contributed by atoms with E-state index < -0.39 is 17.7 Å². The Hall–Kier alpha value is -4.13. The van der Waals surface area contributed by atoms with Crippen LogP contribution in [0.5, 0.6) is 11.5 Å². The van der Waals surface area contributed by atoms with Crippen LogP contribution < -0.4 is 9.47 Å². The molecule has 1 atom stereocenters. The lowest BCUT2D eigenvalue weighted by molar-refractivity contribution is -0.140. The van der Waals surface area contributed by atoms with Gasteiger partial charge < -0.3 is 19.5 Å². The molecule has 5 rings (SSSR count). The lowest BCUT2D eigenvalue weighted by atomic mass is 9.95. The summed E-state index contributed by atoms with van der Waals surface area (Å²) in [4.78, 5) is 31.6. The van der Waals surface area contributed by atoms with Crippen LogP contribution in [0.1, 0.15) is 22.7 Å². The van der Waals surface area contributed by atoms with E-state index in [0.29, 0.717) is 30.3 Å². The van der Waals surface area contributed by atoms with E-state index in [0.717, 1.165) is 11.1 Å². The lowest BCUT2D eigenvalue weighted by Crippen LogP contribution is -2.29. The Labute approximate surface area is 184 Å². The summed E-state index contributed by atoms with van der Waals surface area (Å²) in [6, 6.07) is 17.1. The standard InChI is InChI=1S/C25H20N2O5/c28-23(18-6-7-19-20(14-18)32-13-12-31-19)21-22(17-4-2-1-3-5-17)27(25(30)24(21)29)15-16-8-10-26-11-9-16/h1-11,14,22,28H,12-13,15H2/t22-/m0/s1. The van der Waals surface area contributed by atoms with Crippen LogP contribution in [0.4, 0.5) is 0 Å². The van der Waals surface area contributed by atoms with Crippen molar-refractivity contribution < 1.29 is 24.2 Å². The van der Waals surface area contributed by atoms with Crippen molar-refractivity contribution in [2.24, 2.45) is 0 Å². The van der Waals surface area contributed by atoms with Crippen molar-refractivity contribution in [2.75, 3.05) is 13.2 Å². The molecular weight excluding hydrogens is 408 g/mol. The third-order valence-electron chi connectivity index (χ3n) is 5.57. The van der Waals surface area contributed by atoms with E-state index in [4.69, 9.17) is 9.47 Å². The Balaban J connectivity index is 1.62. The molecule has 160 valence electrons. The number of Topliss-reactive ketones (excluding diaryl/α,β-unsaturated/α-hetero) is 1. The summed E-state index contributed by atoms with van der Waals surface area (Å²) in [5.74, 6) is -0.561. The number of amides is 1. The number of aliphatic hydroxyl groups is 1. The molecule has 0 bridgehead atoms. The number of aliphatic hydroxyl groups excluding tert-OH is 1. The van der Waals surface area contributed by atoms with Gasteiger partial charge in [-0.15, -0.1) is 0 Å². The van der Waals surface area contributed by atoms with Crippen molar-refractivity contribution in [1.82, 2.24) is 9.88 Å². The Kier molecular flexibility index (Phi) is 5.07. The van der Waals surface area contributed by atoms with Gasteiger partial charge >= 0.3 is 0 Å². The summed E-state index contributed by atoms with van der Waals surface area (Å²) < 4.78 is 11.1. The zero-order valence-corrected chi connectivity index (χ0v) is 17.1. The van der Waals surface area contributed by atoms with E-state index >= 15 is 0 Å². The van der Waals surface area contributed by atoms with Crippen LogP contribution in [-0.2, 0) is 16.1 Å². The largest absolute Gasteiger partial charge is 0.507 e. The van der Waals surface area contributed by atoms with Crippen LogP contribution in [-0.4, -0.2) is 39.9 Å². The molecule has 0 unspecified atom stereocenters. The first-order chi connectivity index (χ1) is 15.6. The molecule has 7 nitrogen and oxygen atoms in total. The monoisotopic (exact) mass is 428 g/mol. The van der Waals surface area contributed by atoms with E-state index in [1.54, 1.807) is 42.7 Å². The number of ketones is 1. The average Bonchev–Trinajstić information content (AvgIpc) is 3.09. The van der Waals surface area contributed by atoms with Crippen molar-refractivity contribution in [1.29, 1.82) is 0 Å². The second-order valence-electron chi connectivity index (χ2n) is 7.55. The van der Waals surface area contributed by atoms with E-state index in [2.05, 4.69) is 4.98 Å². The van der Waals surface area contributed by atoms with Crippen LogP contribution in [0.3, 0.4) is 0 Å². The number of aromatic nitrogens is 1. The summed E-state index contributed by atoms with van der Waals surface area (Å²) in [6.07, 6.45) is 3.28. The second-order valence-corrected chi connectivity index (χ2v) is 7.55. The number of pyridine rings is 1. The Morgan fingerprint density at radius 2 is 1.69 bits per heavy atom. The highest BCUT2D eigenvalue weighted by Crippen LogP contribution is 2.41. The lowest BCUT2D eigenvalue weighted by Gasteiger charge is -2.25. The first-order valence-electron chi connectivity index (χ1n) is 10.3. The van der Waals surface area contributed by atoms with Gasteiger partial charge in [0.2, 0.25) is 0 Å². The Bertz CT molecular complexity index is 1210. The van der Waals surface area contributed by atoms with Gasteiger partial charge in [-0.3, -0.25) is 14.6 Å². The molecule has 1 aromatic heterocycles. The molecule has 0 aliphatic carbocycles. The molecule has 1 N–H and O–H groups in total. The summed E-state index contributed by atoms with van der Waals surface area (Å²) >= 11 is 0. The van der Waals surface area contributed by atoms with E-state index in [-0.39, 0.29) is 17.9 Å². The maximum atomic E-state index is 13.1. The number of likely N-dealkylation sites (tertiary alicyclic amines) is 1. The Morgan fingerprint density at radius 1 is 0.969 bits per heavy atom. The highest BCUT2D eigenvalue weighted by molar-refractivity contribution is 6.46. The van der Waals surface area contributed by atoms with Crippen LogP contribution >= 0.6 is 0 Å². The summed E-state index contributed by atoms with van der Waals surface area (Å²) in [6.45, 7) is 1.06. The number of hydrogen-bond acceptors (Lipinski definition) is 6. The van der Waals surface area contributed by atoms with Crippen molar-refractivity contribution in [3.63, 3.8) is 0 Å². The fourth-order valence-electron chi connectivity index (χ4n) is 4.06. The summed E-state index contributed by atoms with van der Waals surface area (Å²) in [5.41, 5.74) is 2.01. The highest BCUT2D eigenvalue weighted by Gasteiger charge is 2.46. The summed E-state index contributed by atoms with van der Waals surface area (Å²) in [5, 5.41) is 11.2. The molecule has 0 spiro atoms. The SMILES string of the molecule is O=C1C(=O)N(Cc2ccncc2)[C@@H](c2ccccc2)C1=C(O)c1ccc2c(c1)OCCO2. The van der Waals surface area contributed by atoms with Crippen LogP contribution in [0, 0.1) is 0 Å². The smallest absolute Gasteiger partial charge is 0.295 e. The van der Waals surface area contributed by atoms with Crippen molar-refractivity contribution in [2.45, 2.75) is 12.6 Å². The number of carbonyl (C=O) groups excluding carboxylic acids is 2. The molecule has 0 saturated carbocycles. The number of fused-ring (bicyclic) bond motifs is 1. The number of hydrogen-bond donors (Lipinski definition) is 1. The van der Waals surface area contributed by atoms with Crippen molar-refractivity contribution in [3.05, 3.63) is 95.3 Å². The topological polar surface area (TPSA) is 89.0 Å². The average molecular weight is 428 g/mol. The minimum absolute atomic E-state index is 0.0481. The number of rotatable bonds is 4. The number of carbonyl (C=O) groups is 2. The van der Waals surface area contributed by atoms with E-state index in [9.17, 15) is 14.7 Å². The van der Waals surface area contributed by atoms with Crippen molar-refractivity contribution >= 4 is 17.4 Å². The van der Waals surface area contributed by atoms with Gasteiger partial charge in [-0.1, -0.05) is 30.3 Å². The minimum atomic E-state index is -0.724. The molecule has 7 heteroatoms. The predicted octanol–water partition coefficient (Wildman–Crippen LogP) is 3.47. The molecule has 2 aliphatic rings. The molecule has 0 radical (unpaired) electrons. The van der Waals surface area contributed by atoms with Gasteiger partial charge in [-0.05, 0) is 41.5 Å². The number of benzene rings is 2. The quantitative estimate of drug-likeness (QED) is 0.389. The molecule has 2 aromatic carbocycles. The van der Waals surface area contributed by atoms with E-state index in [1.165, 1.54) is 4.90 Å². The fourth-order valence-corrected chi connectivity index (χ4v) is 4.06. The molecule has 1 saturated heterocycles. The van der Waals surface area contributed by atoms with Crippen molar-refractivity contribution in [3.8, 4) is 11.5 Å². The molecule has 32 heavy (non-hydrogen) atoms. The number of ether oxygens (including phenoxy) is 2. The van der Waals surface area contributed by atoms with Gasteiger partial charge in [0.15, 0.2) is 11.5 Å². The van der Waals surface area contributed by atoms with Gasteiger partial charge in [0.1, 0.15) is 19.0 Å². The fraction of sp³-hybridized carbons (Fsp3) is 0.160. The molecule has 2 aliphatic heterocycles. The predicted molar refractivity (Wildman–Crippen MR) is 116 cm³/mol. The van der Waals surface area contributed by atoms with Crippen LogP contribution in [0.15, 0.2) is 78.6 Å². The van der Waals surface area contributed by atoms with Gasteiger partial charge in [-0.25, -0.2) is 0 Å². The first kappa shape index (κ1) is 19.8. The highest BCUT2D eigenvalue weighted by atomic mass is 16.6. The molecule has 3 aromatic rings.